The highest BCUT2D eigenvalue weighted by Gasteiger charge is 2.26. The van der Waals surface area contributed by atoms with Crippen LogP contribution in [-0.2, 0) is 18.4 Å². The van der Waals surface area contributed by atoms with Gasteiger partial charge in [-0.1, -0.05) is 0 Å². The maximum Gasteiger partial charge on any atom is 0.326 e. The molecule has 0 spiro atoms. The molecule has 5 rings (SSSR count). The van der Waals surface area contributed by atoms with E-state index >= 15 is 0 Å². The molecule has 4 heterocycles. The number of anilines is 2. The Kier molecular flexibility index (Phi) is 3.89. The van der Waals surface area contributed by atoms with Gasteiger partial charge in [-0.3, -0.25) is 10.1 Å². The Hall–Kier alpha value is -3.96. The highest BCUT2D eigenvalue weighted by atomic mass is 16.2. The van der Waals surface area contributed by atoms with E-state index in [-0.39, 0.29) is 5.70 Å². The number of aryl methyl sites for hydroxylation is 1. The van der Waals surface area contributed by atoms with Gasteiger partial charge in [-0.2, -0.15) is 19.6 Å². The van der Waals surface area contributed by atoms with Gasteiger partial charge in [-0.25, -0.2) is 9.78 Å². The van der Waals surface area contributed by atoms with E-state index in [1.165, 1.54) is 0 Å². The van der Waals surface area contributed by atoms with Crippen LogP contribution >= 0.6 is 0 Å². The number of imide groups is 1. The third kappa shape index (κ3) is 3.35. The maximum absolute atomic E-state index is 11.8. The molecule has 1 aliphatic heterocycles. The minimum Gasteiger partial charge on any atom is -0.351 e. The zero-order valence-electron chi connectivity index (χ0n) is 15.5. The first kappa shape index (κ1) is 17.2. The van der Waals surface area contributed by atoms with E-state index in [1.807, 2.05) is 17.8 Å². The summed E-state index contributed by atoms with van der Waals surface area (Å²) in [5, 5.41) is 15.5. The predicted molar refractivity (Wildman–Crippen MR) is 103 cm³/mol. The Labute approximate surface area is 164 Å². The molecule has 1 saturated carbocycles. The molecule has 148 valence electrons. The summed E-state index contributed by atoms with van der Waals surface area (Å²) in [7, 11) is 1.91. The topological polar surface area (TPSA) is 143 Å². The van der Waals surface area contributed by atoms with Gasteiger partial charge in [0, 0.05) is 31.0 Å². The standard InChI is InChI=1S/C17H18N10O2/c1-26-5-4-18-12(26)8-19-15-23-13-9(6-11-14(28)24-17(29)22-11)7-20-27(13)16(25-15)21-10-2-3-10/h4-7,10H,2-3,8H2,1H3,(H2,19,21,23,25)(H2,22,24,28,29)/b11-6-. The molecule has 0 aromatic carbocycles. The summed E-state index contributed by atoms with van der Waals surface area (Å²) in [6, 6.07) is -0.192. The van der Waals surface area contributed by atoms with Gasteiger partial charge in [0.1, 0.15) is 11.5 Å². The highest BCUT2D eigenvalue weighted by Crippen LogP contribution is 2.25. The Bertz CT molecular complexity index is 1160. The summed E-state index contributed by atoms with van der Waals surface area (Å²) in [4.78, 5) is 36.6. The summed E-state index contributed by atoms with van der Waals surface area (Å²) in [5.74, 6) is 1.31. The van der Waals surface area contributed by atoms with Crippen LogP contribution in [-0.4, -0.2) is 47.1 Å². The lowest BCUT2D eigenvalue weighted by molar-refractivity contribution is -0.115. The summed E-state index contributed by atoms with van der Waals surface area (Å²) in [5.41, 5.74) is 1.23. The molecule has 12 nitrogen and oxygen atoms in total. The van der Waals surface area contributed by atoms with Gasteiger partial charge in [-0.05, 0) is 18.9 Å². The van der Waals surface area contributed by atoms with Crippen molar-refractivity contribution in [2.24, 2.45) is 7.05 Å². The fourth-order valence-corrected chi connectivity index (χ4v) is 2.94. The number of carbonyl (C=O) groups is 2. The lowest BCUT2D eigenvalue weighted by Gasteiger charge is -2.10. The Morgan fingerprint density at radius 2 is 2.14 bits per heavy atom. The molecule has 2 fully saturated rings. The van der Waals surface area contributed by atoms with E-state index in [9.17, 15) is 9.59 Å². The van der Waals surface area contributed by atoms with Crippen LogP contribution in [0.2, 0.25) is 0 Å². The van der Waals surface area contributed by atoms with Crippen molar-refractivity contribution < 1.29 is 9.59 Å². The average Bonchev–Trinajstić information content (AvgIpc) is 3.11. The Balaban J connectivity index is 1.51. The zero-order valence-corrected chi connectivity index (χ0v) is 15.5. The highest BCUT2D eigenvalue weighted by molar-refractivity contribution is 6.14. The molecule has 29 heavy (non-hydrogen) atoms. The molecule has 3 aromatic rings. The predicted octanol–water partition coefficient (Wildman–Crippen LogP) is 0.225. The third-order valence-corrected chi connectivity index (χ3v) is 4.65. The molecule has 12 heteroatoms. The van der Waals surface area contributed by atoms with E-state index < -0.39 is 11.9 Å². The van der Waals surface area contributed by atoms with Crippen molar-refractivity contribution in [1.29, 1.82) is 0 Å². The fourth-order valence-electron chi connectivity index (χ4n) is 2.94. The van der Waals surface area contributed by atoms with E-state index in [4.69, 9.17) is 0 Å². The van der Waals surface area contributed by atoms with Crippen LogP contribution in [0.1, 0.15) is 24.2 Å². The molecule has 2 aliphatic rings. The van der Waals surface area contributed by atoms with Gasteiger partial charge in [0.05, 0.1) is 12.7 Å². The van der Waals surface area contributed by atoms with Crippen molar-refractivity contribution in [2.45, 2.75) is 25.4 Å². The quantitative estimate of drug-likeness (QED) is 0.344. The van der Waals surface area contributed by atoms with Crippen molar-refractivity contribution in [3.05, 3.63) is 35.7 Å². The fraction of sp³-hybridized carbons (Fsp3) is 0.294. The second-order valence-electron chi connectivity index (χ2n) is 6.90. The number of hydrogen-bond donors (Lipinski definition) is 4. The number of urea groups is 1. The summed E-state index contributed by atoms with van der Waals surface area (Å²) in [6.45, 7) is 0.450. The molecular formula is C17H18N10O2. The van der Waals surface area contributed by atoms with Crippen LogP contribution in [0.25, 0.3) is 11.7 Å². The molecule has 0 unspecified atom stereocenters. The van der Waals surface area contributed by atoms with Crippen LogP contribution in [0.15, 0.2) is 24.3 Å². The number of imidazole rings is 1. The zero-order chi connectivity index (χ0) is 20.0. The molecule has 1 aliphatic carbocycles. The van der Waals surface area contributed by atoms with E-state index in [0.29, 0.717) is 35.7 Å². The molecule has 4 N–H and O–H groups in total. The molecule has 1 saturated heterocycles. The van der Waals surface area contributed by atoms with Gasteiger partial charge in [-0.15, -0.1) is 0 Å². The molecular weight excluding hydrogens is 376 g/mol. The second kappa shape index (κ2) is 6.58. The minimum absolute atomic E-state index is 0.141. The lowest BCUT2D eigenvalue weighted by atomic mass is 10.2. The first-order chi connectivity index (χ1) is 14.1. The van der Waals surface area contributed by atoms with Crippen LogP contribution in [0, 0.1) is 0 Å². The van der Waals surface area contributed by atoms with Gasteiger partial charge in [0.15, 0.2) is 5.65 Å². The number of nitrogens with one attached hydrogen (secondary N) is 4. The van der Waals surface area contributed by atoms with Crippen molar-refractivity contribution in [1.82, 2.24) is 39.8 Å². The second-order valence-corrected chi connectivity index (χ2v) is 6.90. The Morgan fingerprint density at radius 3 is 2.83 bits per heavy atom. The molecule has 0 radical (unpaired) electrons. The number of hydrogen-bond acceptors (Lipinski definition) is 8. The van der Waals surface area contributed by atoms with Gasteiger partial charge in [0.25, 0.3) is 5.91 Å². The van der Waals surface area contributed by atoms with Gasteiger partial charge < -0.3 is 20.5 Å². The summed E-state index contributed by atoms with van der Waals surface area (Å²) < 4.78 is 3.50. The van der Waals surface area contributed by atoms with Crippen molar-refractivity contribution >= 4 is 35.6 Å². The number of carbonyl (C=O) groups excluding carboxylic acids is 2. The van der Waals surface area contributed by atoms with Crippen molar-refractivity contribution in [2.75, 3.05) is 10.6 Å². The minimum atomic E-state index is -0.555. The molecule has 0 atom stereocenters. The van der Waals surface area contributed by atoms with Crippen LogP contribution in [0.5, 0.6) is 0 Å². The smallest absolute Gasteiger partial charge is 0.326 e. The van der Waals surface area contributed by atoms with E-state index in [1.54, 1.807) is 23.0 Å². The summed E-state index contributed by atoms with van der Waals surface area (Å²) >= 11 is 0. The van der Waals surface area contributed by atoms with E-state index in [0.717, 1.165) is 18.7 Å². The first-order valence-electron chi connectivity index (χ1n) is 9.13. The number of amides is 3. The SMILES string of the molecule is Cn1ccnc1CNc1nc(NC2CC2)n2ncc(/C=C3\NC(=O)NC3=O)c2n1. The lowest BCUT2D eigenvalue weighted by Crippen LogP contribution is -2.22. The molecule has 0 bridgehead atoms. The van der Waals surface area contributed by atoms with Crippen LogP contribution in [0.3, 0.4) is 0 Å². The normalized spacial score (nSPS) is 17.6. The third-order valence-electron chi connectivity index (χ3n) is 4.65. The average molecular weight is 394 g/mol. The monoisotopic (exact) mass is 394 g/mol. The number of aromatic nitrogens is 6. The van der Waals surface area contributed by atoms with Gasteiger partial charge in [0.2, 0.25) is 11.9 Å². The van der Waals surface area contributed by atoms with Crippen molar-refractivity contribution in [3.8, 4) is 0 Å². The Morgan fingerprint density at radius 1 is 1.28 bits per heavy atom. The molecule has 3 aromatic heterocycles. The number of fused-ring (bicyclic) bond motifs is 1. The largest absolute Gasteiger partial charge is 0.351 e. The summed E-state index contributed by atoms with van der Waals surface area (Å²) in [6.07, 6.45) is 8.86. The first-order valence-corrected chi connectivity index (χ1v) is 9.13. The number of nitrogens with zero attached hydrogens (tertiary/aromatic N) is 6. The van der Waals surface area contributed by atoms with Gasteiger partial charge >= 0.3 is 6.03 Å². The van der Waals surface area contributed by atoms with E-state index in [2.05, 4.69) is 41.3 Å². The van der Waals surface area contributed by atoms with Crippen LogP contribution < -0.4 is 21.3 Å². The maximum atomic E-state index is 11.8. The van der Waals surface area contributed by atoms with Crippen molar-refractivity contribution in [3.63, 3.8) is 0 Å². The van der Waals surface area contributed by atoms with Crippen LogP contribution in [0.4, 0.5) is 16.7 Å². The number of rotatable bonds is 6. The molecule has 3 amide bonds.